The first-order valence-corrected chi connectivity index (χ1v) is 9.83. The molecule has 6 heteroatoms. The normalized spacial score (nSPS) is 16.0. The number of nitrogens with zero attached hydrogens (tertiary/aromatic N) is 1. The summed E-state index contributed by atoms with van der Waals surface area (Å²) in [7, 11) is 0. The van der Waals surface area contributed by atoms with Gasteiger partial charge in [0.1, 0.15) is 6.61 Å². The van der Waals surface area contributed by atoms with Crippen LogP contribution in [0.3, 0.4) is 0 Å². The third-order valence-corrected chi connectivity index (χ3v) is 5.14. The van der Waals surface area contributed by atoms with Crippen LogP contribution in [0.5, 0.6) is 11.5 Å². The molecule has 0 spiro atoms. The Balaban J connectivity index is 1.48. The molecule has 1 aliphatic heterocycles. The van der Waals surface area contributed by atoms with Gasteiger partial charge in [0.15, 0.2) is 17.6 Å². The number of Topliss-reactive ketones (excluding diaryl/α,β-unsaturated/α-hetero) is 1. The second-order valence-electron chi connectivity index (χ2n) is 7.26. The lowest BCUT2D eigenvalue weighted by atomic mass is 10.1. The van der Waals surface area contributed by atoms with Gasteiger partial charge in [-0.1, -0.05) is 30.3 Å². The van der Waals surface area contributed by atoms with Crippen LogP contribution >= 0.6 is 0 Å². The Labute approximate surface area is 175 Å². The van der Waals surface area contributed by atoms with E-state index in [-0.39, 0.29) is 12.4 Å². The molecule has 1 aromatic heterocycles. The third-order valence-electron chi connectivity index (χ3n) is 5.14. The highest BCUT2D eigenvalue weighted by atomic mass is 16.6. The fourth-order valence-corrected chi connectivity index (χ4v) is 3.64. The van der Waals surface area contributed by atoms with Crippen molar-refractivity contribution in [2.24, 2.45) is 0 Å². The van der Waals surface area contributed by atoms with Crippen LogP contribution in [0.2, 0.25) is 0 Å². The Morgan fingerprint density at radius 3 is 2.43 bits per heavy atom. The van der Waals surface area contributed by atoms with Crippen LogP contribution in [-0.2, 0) is 9.53 Å². The van der Waals surface area contributed by atoms with Crippen molar-refractivity contribution in [1.82, 2.24) is 4.57 Å². The van der Waals surface area contributed by atoms with E-state index in [2.05, 4.69) is 0 Å². The van der Waals surface area contributed by atoms with E-state index < -0.39 is 18.2 Å². The second-order valence-corrected chi connectivity index (χ2v) is 7.26. The summed E-state index contributed by atoms with van der Waals surface area (Å²) in [5.74, 6) is 0.188. The van der Waals surface area contributed by atoms with Crippen molar-refractivity contribution in [3.8, 4) is 17.2 Å². The Morgan fingerprint density at radius 1 is 1.03 bits per heavy atom. The Kier molecular flexibility index (Phi) is 5.31. The minimum atomic E-state index is -0.942. The average Bonchev–Trinajstić information content (AvgIpc) is 3.07. The largest absolute Gasteiger partial charge is 0.485 e. The number of aromatic nitrogens is 1. The van der Waals surface area contributed by atoms with Gasteiger partial charge < -0.3 is 18.8 Å². The molecule has 0 amide bonds. The van der Waals surface area contributed by atoms with Crippen molar-refractivity contribution in [3.05, 3.63) is 77.6 Å². The molecule has 1 aliphatic rings. The molecule has 2 aromatic carbocycles. The van der Waals surface area contributed by atoms with Gasteiger partial charge in [-0.05, 0) is 51.1 Å². The molecule has 0 N–H and O–H groups in total. The zero-order chi connectivity index (χ0) is 21.3. The molecule has 0 radical (unpaired) electrons. The minimum Gasteiger partial charge on any atom is -0.485 e. The average molecular weight is 405 g/mol. The molecule has 3 aromatic rings. The van der Waals surface area contributed by atoms with Gasteiger partial charge in [0.05, 0.1) is 0 Å². The summed E-state index contributed by atoms with van der Waals surface area (Å²) in [6.45, 7) is 5.45. The van der Waals surface area contributed by atoms with E-state index in [9.17, 15) is 9.59 Å². The zero-order valence-electron chi connectivity index (χ0n) is 17.1. The summed E-state index contributed by atoms with van der Waals surface area (Å²) < 4.78 is 18.7. The van der Waals surface area contributed by atoms with E-state index in [1.807, 2.05) is 60.9 Å². The van der Waals surface area contributed by atoms with Gasteiger partial charge >= 0.3 is 5.97 Å². The van der Waals surface area contributed by atoms with Crippen molar-refractivity contribution in [1.29, 1.82) is 0 Å². The molecule has 0 saturated carbocycles. The molecule has 2 heterocycles. The van der Waals surface area contributed by atoms with Crippen LogP contribution in [0.25, 0.3) is 5.69 Å². The maximum Gasteiger partial charge on any atom is 0.351 e. The standard InChI is InChI=1S/C24H23NO5/c1-15-13-19(16(2)25(15)18-9-5-4-6-10-18)23(26)17(3)29-24(27)22-14-28-20-11-7-8-12-21(20)30-22/h4-13,17,22H,14H2,1-3H3/t17-,22-/m0/s1. The molecule has 4 rings (SSSR count). The van der Waals surface area contributed by atoms with Crippen molar-refractivity contribution < 1.29 is 23.8 Å². The number of carbonyl (C=O) groups is 2. The minimum absolute atomic E-state index is 0.0409. The fourth-order valence-electron chi connectivity index (χ4n) is 3.64. The second kappa shape index (κ2) is 8.06. The number of ether oxygens (including phenoxy) is 3. The van der Waals surface area contributed by atoms with Crippen LogP contribution in [0.15, 0.2) is 60.7 Å². The van der Waals surface area contributed by atoms with Crippen molar-refractivity contribution in [2.45, 2.75) is 33.0 Å². The number of esters is 1. The van der Waals surface area contributed by atoms with Crippen LogP contribution in [0.1, 0.15) is 28.7 Å². The van der Waals surface area contributed by atoms with E-state index >= 15 is 0 Å². The number of benzene rings is 2. The lowest BCUT2D eigenvalue weighted by molar-refractivity contribution is -0.157. The summed E-state index contributed by atoms with van der Waals surface area (Å²) in [4.78, 5) is 25.6. The van der Waals surface area contributed by atoms with Gasteiger partial charge in [-0.3, -0.25) is 4.79 Å². The smallest absolute Gasteiger partial charge is 0.351 e. The number of hydrogen-bond donors (Lipinski definition) is 0. The SMILES string of the molecule is Cc1cc(C(=O)[C@H](C)OC(=O)[C@@H]2COc3ccccc3O2)c(C)n1-c1ccccc1. The van der Waals surface area contributed by atoms with Crippen molar-refractivity contribution in [3.63, 3.8) is 0 Å². The molecule has 0 fully saturated rings. The highest BCUT2D eigenvalue weighted by Crippen LogP contribution is 2.31. The van der Waals surface area contributed by atoms with Gasteiger partial charge in [-0.15, -0.1) is 0 Å². The van der Waals surface area contributed by atoms with Gasteiger partial charge in [0.2, 0.25) is 11.9 Å². The molecule has 30 heavy (non-hydrogen) atoms. The molecule has 0 saturated heterocycles. The summed E-state index contributed by atoms with van der Waals surface area (Å²) in [5, 5.41) is 0. The summed E-state index contributed by atoms with van der Waals surface area (Å²) >= 11 is 0. The highest BCUT2D eigenvalue weighted by Gasteiger charge is 2.32. The quantitative estimate of drug-likeness (QED) is 0.473. The molecule has 6 nitrogen and oxygen atoms in total. The maximum atomic E-state index is 13.0. The topological polar surface area (TPSA) is 66.8 Å². The first-order chi connectivity index (χ1) is 14.5. The maximum absolute atomic E-state index is 13.0. The first kappa shape index (κ1) is 19.8. The van der Waals surface area contributed by atoms with E-state index in [0.717, 1.165) is 17.1 Å². The van der Waals surface area contributed by atoms with E-state index in [0.29, 0.717) is 17.1 Å². The van der Waals surface area contributed by atoms with E-state index in [4.69, 9.17) is 14.2 Å². The number of aryl methyl sites for hydroxylation is 1. The van der Waals surface area contributed by atoms with Gasteiger partial charge in [0, 0.05) is 22.6 Å². The van der Waals surface area contributed by atoms with Crippen molar-refractivity contribution >= 4 is 11.8 Å². The number of carbonyl (C=O) groups excluding carboxylic acids is 2. The van der Waals surface area contributed by atoms with Gasteiger partial charge in [-0.2, -0.15) is 0 Å². The van der Waals surface area contributed by atoms with E-state index in [1.165, 1.54) is 0 Å². The highest BCUT2D eigenvalue weighted by molar-refractivity contribution is 6.01. The van der Waals surface area contributed by atoms with E-state index in [1.54, 1.807) is 25.1 Å². The Bertz CT molecular complexity index is 1090. The fraction of sp³-hybridized carbons (Fsp3) is 0.250. The summed E-state index contributed by atoms with van der Waals surface area (Å²) in [6.07, 6.45) is -1.85. The van der Waals surface area contributed by atoms with Gasteiger partial charge in [0.25, 0.3) is 0 Å². The lowest BCUT2D eigenvalue weighted by Gasteiger charge is -2.25. The number of fused-ring (bicyclic) bond motifs is 1. The number of para-hydroxylation sites is 3. The predicted molar refractivity (Wildman–Crippen MR) is 111 cm³/mol. The van der Waals surface area contributed by atoms with Crippen LogP contribution in [-0.4, -0.2) is 35.1 Å². The lowest BCUT2D eigenvalue weighted by Crippen LogP contribution is -2.40. The monoisotopic (exact) mass is 405 g/mol. The summed E-state index contributed by atoms with van der Waals surface area (Å²) in [5.41, 5.74) is 3.24. The molecule has 154 valence electrons. The predicted octanol–water partition coefficient (Wildman–Crippen LogP) is 4.05. The summed E-state index contributed by atoms with van der Waals surface area (Å²) in [6, 6.07) is 18.7. The third kappa shape index (κ3) is 3.68. The van der Waals surface area contributed by atoms with Crippen LogP contribution in [0, 0.1) is 13.8 Å². The Hall–Kier alpha value is -3.54. The number of rotatable bonds is 5. The molecule has 0 aliphatic carbocycles. The Morgan fingerprint density at radius 2 is 1.70 bits per heavy atom. The number of hydrogen-bond acceptors (Lipinski definition) is 5. The van der Waals surface area contributed by atoms with Crippen molar-refractivity contribution in [2.75, 3.05) is 6.61 Å². The van der Waals surface area contributed by atoms with Crippen LogP contribution < -0.4 is 9.47 Å². The van der Waals surface area contributed by atoms with Crippen LogP contribution in [0.4, 0.5) is 0 Å². The molecule has 2 atom stereocenters. The molecule has 0 bridgehead atoms. The molecular weight excluding hydrogens is 382 g/mol. The van der Waals surface area contributed by atoms with Gasteiger partial charge in [-0.25, -0.2) is 4.79 Å². The number of ketones is 1. The first-order valence-electron chi connectivity index (χ1n) is 9.83. The molecule has 0 unspecified atom stereocenters. The molecular formula is C24H23NO5. The zero-order valence-corrected chi connectivity index (χ0v) is 17.1.